The van der Waals surface area contributed by atoms with Crippen molar-refractivity contribution >= 4 is 0 Å². The second kappa shape index (κ2) is 6.46. The summed E-state index contributed by atoms with van der Waals surface area (Å²) in [7, 11) is 3.83. The highest BCUT2D eigenvalue weighted by molar-refractivity contribution is 4.79. The van der Waals surface area contributed by atoms with Crippen LogP contribution >= 0.6 is 0 Å². The van der Waals surface area contributed by atoms with Crippen LogP contribution in [0.25, 0.3) is 0 Å². The summed E-state index contributed by atoms with van der Waals surface area (Å²) in [6, 6.07) is 0. The van der Waals surface area contributed by atoms with Crippen LogP contribution in [0.2, 0.25) is 0 Å². The van der Waals surface area contributed by atoms with Crippen molar-refractivity contribution in [3.8, 4) is 0 Å². The Balaban J connectivity index is 2.28. The second-order valence-corrected chi connectivity index (χ2v) is 5.00. The smallest absolute Gasteiger partial charge is 0.0589 e. The Kier molecular flexibility index (Phi) is 5.58. The molecular weight excluding hydrogens is 190 g/mol. The van der Waals surface area contributed by atoms with Gasteiger partial charge >= 0.3 is 0 Å². The number of ether oxygens (including phenoxy) is 1. The number of methoxy groups -OCH3 is 1. The highest BCUT2D eigenvalue weighted by Gasteiger charge is 2.27. The zero-order valence-corrected chi connectivity index (χ0v) is 10.3. The average molecular weight is 215 g/mol. The highest BCUT2D eigenvalue weighted by atomic mass is 16.5. The molecule has 3 unspecified atom stereocenters. The van der Waals surface area contributed by atoms with Gasteiger partial charge < -0.3 is 14.7 Å². The maximum atomic E-state index is 9.90. The Morgan fingerprint density at radius 2 is 2.13 bits per heavy atom. The highest BCUT2D eigenvalue weighted by Crippen LogP contribution is 2.29. The van der Waals surface area contributed by atoms with Gasteiger partial charge in [-0.15, -0.1) is 0 Å². The van der Waals surface area contributed by atoms with Gasteiger partial charge in [-0.05, 0) is 38.1 Å². The molecule has 3 nitrogen and oxygen atoms in total. The van der Waals surface area contributed by atoms with Crippen LogP contribution in [-0.4, -0.2) is 50.0 Å². The van der Waals surface area contributed by atoms with Gasteiger partial charge in [-0.3, -0.25) is 0 Å². The maximum absolute atomic E-state index is 9.90. The maximum Gasteiger partial charge on any atom is 0.0589 e. The predicted molar refractivity (Wildman–Crippen MR) is 61.9 cm³/mol. The van der Waals surface area contributed by atoms with Gasteiger partial charge in [0.25, 0.3) is 0 Å². The topological polar surface area (TPSA) is 32.7 Å². The van der Waals surface area contributed by atoms with E-state index in [1.807, 2.05) is 0 Å². The fourth-order valence-corrected chi connectivity index (χ4v) is 2.42. The van der Waals surface area contributed by atoms with E-state index in [0.29, 0.717) is 5.92 Å². The van der Waals surface area contributed by atoms with Crippen molar-refractivity contribution in [3.63, 3.8) is 0 Å². The minimum atomic E-state index is -0.0915. The van der Waals surface area contributed by atoms with E-state index in [1.165, 1.54) is 12.8 Å². The number of hydrogen-bond donors (Lipinski definition) is 1. The van der Waals surface area contributed by atoms with Crippen molar-refractivity contribution in [2.24, 2.45) is 11.8 Å². The molecule has 0 radical (unpaired) electrons. The molecule has 0 aliphatic heterocycles. The predicted octanol–water partition coefficient (Wildman–Crippen LogP) is 1.36. The summed E-state index contributed by atoms with van der Waals surface area (Å²) in [5, 5.41) is 9.90. The fourth-order valence-electron chi connectivity index (χ4n) is 2.42. The summed E-state index contributed by atoms with van der Waals surface area (Å²) < 4.78 is 5.05. The molecular formula is C12H25NO2. The second-order valence-electron chi connectivity index (χ2n) is 5.00. The molecule has 0 spiro atoms. The number of aliphatic hydroxyl groups excluding tert-OH is 1. The van der Waals surface area contributed by atoms with Gasteiger partial charge in [-0.1, -0.05) is 6.92 Å². The van der Waals surface area contributed by atoms with Crippen molar-refractivity contribution < 1.29 is 9.84 Å². The molecule has 0 aromatic carbocycles. The number of aliphatic hydroxyl groups is 1. The quantitative estimate of drug-likeness (QED) is 0.751. The molecule has 0 aromatic rings. The summed E-state index contributed by atoms with van der Waals surface area (Å²) in [6.07, 6.45) is 3.23. The molecule has 90 valence electrons. The molecule has 0 amide bonds. The van der Waals surface area contributed by atoms with Crippen molar-refractivity contribution in [2.75, 3.05) is 33.9 Å². The van der Waals surface area contributed by atoms with E-state index >= 15 is 0 Å². The standard InChI is InChI=1S/C12H25NO2/c1-10-4-5-12(14)11(8-10)9-13(2)6-7-15-3/h10-12,14H,4-9H2,1-3H3. The molecule has 3 heteroatoms. The molecule has 1 N–H and O–H groups in total. The third-order valence-corrected chi connectivity index (χ3v) is 3.43. The first-order valence-corrected chi connectivity index (χ1v) is 5.99. The minimum Gasteiger partial charge on any atom is -0.393 e. The van der Waals surface area contributed by atoms with Gasteiger partial charge in [0.2, 0.25) is 0 Å². The summed E-state index contributed by atoms with van der Waals surface area (Å²) in [5.74, 6) is 1.23. The number of nitrogens with zero attached hydrogens (tertiary/aromatic N) is 1. The van der Waals surface area contributed by atoms with E-state index in [2.05, 4.69) is 18.9 Å². The lowest BCUT2D eigenvalue weighted by molar-refractivity contribution is 0.0310. The van der Waals surface area contributed by atoms with Crippen molar-refractivity contribution in [2.45, 2.75) is 32.3 Å². The summed E-state index contributed by atoms with van der Waals surface area (Å²) in [4.78, 5) is 2.26. The Morgan fingerprint density at radius 3 is 2.80 bits per heavy atom. The molecule has 1 aliphatic rings. The SMILES string of the molecule is COCCN(C)CC1CC(C)CCC1O. The molecule has 3 atom stereocenters. The lowest BCUT2D eigenvalue weighted by atomic mass is 9.80. The molecule has 0 bridgehead atoms. The lowest BCUT2D eigenvalue weighted by Gasteiger charge is -2.34. The molecule has 1 fully saturated rings. The van der Waals surface area contributed by atoms with Crippen molar-refractivity contribution in [3.05, 3.63) is 0 Å². The zero-order valence-electron chi connectivity index (χ0n) is 10.3. The summed E-state index contributed by atoms with van der Waals surface area (Å²) >= 11 is 0. The first-order chi connectivity index (χ1) is 7.13. The van der Waals surface area contributed by atoms with E-state index in [0.717, 1.165) is 32.0 Å². The van der Waals surface area contributed by atoms with Crippen molar-refractivity contribution in [1.82, 2.24) is 4.90 Å². The Hall–Kier alpha value is -0.120. The molecule has 0 aromatic heterocycles. The van der Waals surface area contributed by atoms with Gasteiger partial charge in [-0.2, -0.15) is 0 Å². The number of hydrogen-bond acceptors (Lipinski definition) is 3. The summed E-state index contributed by atoms with van der Waals surface area (Å²) in [6.45, 7) is 5.01. The molecule has 0 saturated heterocycles. The molecule has 1 rings (SSSR count). The van der Waals surface area contributed by atoms with Crippen LogP contribution < -0.4 is 0 Å². The third kappa shape index (κ3) is 4.49. The summed E-state index contributed by atoms with van der Waals surface area (Å²) in [5.41, 5.74) is 0. The Labute approximate surface area is 93.4 Å². The first kappa shape index (κ1) is 12.9. The van der Waals surface area contributed by atoms with Crippen LogP contribution in [-0.2, 0) is 4.74 Å². The van der Waals surface area contributed by atoms with Gasteiger partial charge in [0.1, 0.15) is 0 Å². The largest absolute Gasteiger partial charge is 0.393 e. The van der Waals surface area contributed by atoms with Gasteiger partial charge in [0, 0.05) is 20.2 Å². The molecule has 0 heterocycles. The van der Waals surface area contributed by atoms with Crippen LogP contribution in [0.3, 0.4) is 0 Å². The van der Waals surface area contributed by atoms with Gasteiger partial charge in [0.05, 0.1) is 12.7 Å². The Bertz CT molecular complexity index is 175. The monoisotopic (exact) mass is 215 g/mol. The number of rotatable bonds is 5. The lowest BCUT2D eigenvalue weighted by Crippen LogP contribution is -2.38. The van der Waals surface area contributed by atoms with E-state index in [4.69, 9.17) is 4.74 Å². The van der Waals surface area contributed by atoms with Gasteiger partial charge in [0.15, 0.2) is 0 Å². The van der Waals surface area contributed by atoms with E-state index in [-0.39, 0.29) is 6.10 Å². The van der Waals surface area contributed by atoms with Crippen molar-refractivity contribution in [1.29, 1.82) is 0 Å². The van der Waals surface area contributed by atoms with Crippen LogP contribution in [0, 0.1) is 11.8 Å². The minimum absolute atomic E-state index is 0.0915. The average Bonchev–Trinajstić information content (AvgIpc) is 2.20. The van der Waals surface area contributed by atoms with E-state index < -0.39 is 0 Å². The Morgan fingerprint density at radius 1 is 1.40 bits per heavy atom. The van der Waals surface area contributed by atoms with Gasteiger partial charge in [-0.25, -0.2) is 0 Å². The molecule has 1 saturated carbocycles. The zero-order chi connectivity index (χ0) is 11.3. The van der Waals surface area contributed by atoms with Crippen LogP contribution in [0.15, 0.2) is 0 Å². The molecule has 1 aliphatic carbocycles. The van der Waals surface area contributed by atoms with Crippen LogP contribution in [0.5, 0.6) is 0 Å². The normalized spacial score (nSPS) is 32.2. The molecule has 15 heavy (non-hydrogen) atoms. The van der Waals surface area contributed by atoms with E-state index in [9.17, 15) is 5.11 Å². The van der Waals surface area contributed by atoms with Crippen LogP contribution in [0.4, 0.5) is 0 Å². The fraction of sp³-hybridized carbons (Fsp3) is 1.00. The van der Waals surface area contributed by atoms with E-state index in [1.54, 1.807) is 7.11 Å². The van der Waals surface area contributed by atoms with Crippen LogP contribution in [0.1, 0.15) is 26.2 Å². The number of likely N-dealkylation sites (N-methyl/N-ethyl adjacent to an activating group) is 1. The first-order valence-electron chi connectivity index (χ1n) is 5.99. The third-order valence-electron chi connectivity index (χ3n) is 3.43.